The van der Waals surface area contributed by atoms with Crippen LogP contribution < -0.4 is 15.5 Å². The molecule has 0 spiro atoms. The quantitative estimate of drug-likeness (QED) is 0.265. The maximum atomic E-state index is 13.7. The molecular weight excluding hydrogens is 540 g/mol. The van der Waals surface area contributed by atoms with Gasteiger partial charge in [-0.1, -0.05) is 42.5 Å². The number of nitrogens with one attached hydrogen (secondary N) is 2. The molecule has 11 nitrogen and oxygen atoms in total. The van der Waals surface area contributed by atoms with Crippen LogP contribution in [0.5, 0.6) is 0 Å². The van der Waals surface area contributed by atoms with Crippen LogP contribution >= 0.6 is 0 Å². The fourth-order valence-electron chi connectivity index (χ4n) is 5.49. The molecule has 0 unspecified atom stereocenters. The van der Waals surface area contributed by atoms with E-state index in [4.69, 9.17) is 0 Å². The van der Waals surface area contributed by atoms with Gasteiger partial charge in [-0.2, -0.15) is 20.4 Å². The summed E-state index contributed by atoms with van der Waals surface area (Å²) in [6, 6.07) is 22.0. The van der Waals surface area contributed by atoms with Crippen molar-refractivity contribution in [2.45, 2.75) is 44.3 Å². The molecule has 0 saturated heterocycles. The Morgan fingerprint density at radius 2 is 1.79 bits per heavy atom. The Kier molecular flexibility index (Phi) is 8.08. The molecular formula is C32H32N10O. The van der Waals surface area contributed by atoms with E-state index in [2.05, 4.69) is 36.9 Å². The van der Waals surface area contributed by atoms with E-state index in [-0.39, 0.29) is 18.1 Å². The summed E-state index contributed by atoms with van der Waals surface area (Å²) in [5.41, 5.74) is 4.33. The van der Waals surface area contributed by atoms with Crippen LogP contribution in [0.25, 0.3) is 16.9 Å². The Labute approximate surface area is 249 Å². The molecule has 0 atom stereocenters. The van der Waals surface area contributed by atoms with Crippen LogP contribution in [0.1, 0.15) is 36.8 Å². The Morgan fingerprint density at radius 1 is 1.00 bits per heavy atom. The third kappa shape index (κ3) is 6.38. The van der Waals surface area contributed by atoms with Crippen molar-refractivity contribution < 1.29 is 4.79 Å². The highest BCUT2D eigenvalue weighted by molar-refractivity contribution is 5.93. The van der Waals surface area contributed by atoms with Crippen molar-refractivity contribution in [2.24, 2.45) is 7.05 Å². The first-order valence-corrected chi connectivity index (χ1v) is 14.3. The highest BCUT2D eigenvalue weighted by Crippen LogP contribution is 2.31. The van der Waals surface area contributed by atoms with Gasteiger partial charge in [-0.3, -0.25) is 9.58 Å². The van der Waals surface area contributed by atoms with Crippen LogP contribution in [0.15, 0.2) is 91.6 Å². The Hall–Kier alpha value is -5.50. The summed E-state index contributed by atoms with van der Waals surface area (Å²) in [6.45, 7) is 0.454. The molecule has 1 fully saturated rings. The smallest absolute Gasteiger partial charge is 0.322 e. The third-order valence-electron chi connectivity index (χ3n) is 7.69. The molecule has 1 saturated carbocycles. The van der Waals surface area contributed by atoms with Gasteiger partial charge in [0.2, 0.25) is 5.95 Å². The van der Waals surface area contributed by atoms with Crippen molar-refractivity contribution in [3.63, 3.8) is 0 Å². The Bertz CT molecular complexity index is 1700. The van der Waals surface area contributed by atoms with Gasteiger partial charge in [-0.15, -0.1) is 0 Å². The van der Waals surface area contributed by atoms with Gasteiger partial charge >= 0.3 is 6.03 Å². The summed E-state index contributed by atoms with van der Waals surface area (Å²) in [5.74, 6) is 0.895. The van der Waals surface area contributed by atoms with Crippen LogP contribution in [0.4, 0.5) is 16.4 Å². The maximum absolute atomic E-state index is 13.7. The molecule has 2 aromatic carbocycles. The first kappa shape index (κ1) is 27.7. The fraction of sp³-hybridized carbons (Fsp3) is 0.250. The van der Waals surface area contributed by atoms with Gasteiger partial charge in [-0.05, 0) is 55.0 Å². The van der Waals surface area contributed by atoms with Crippen molar-refractivity contribution >= 4 is 17.7 Å². The number of carbonyl (C=O) groups is 1. The second-order valence-electron chi connectivity index (χ2n) is 10.6. The SMILES string of the molecule is Cn1cc(-c2ccc(N(C(=O)NCc3ccccc3)C3CCC(Nc4ncc(C#N)c(-n5cccn5)n4)CC3)cc2)cn1. The van der Waals surface area contributed by atoms with Gasteiger partial charge in [0, 0.05) is 55.5 Å². The van der Waals surface area contributed by atoms with Crippen LogP contribution in [-0.2, 0) is 13.6 Å². The average molecular weight is 573 g/mol. The minimum atomic E-state index is -0.117. The lowest BCUT2D eigenvalue weighted by Crippen LogP contribution is -2.48. The summed E-state index contributed by atoms with van der Waals surface area (Å²) in [6.07, 6.45) is 12.0. The number of aromatic nitrogens is 6. The molecule has 1 aliphatic rings. The normalized spacial score (nSPS) is 16.3. The van der Waals surface area contributed by atoms with Gasteiger partial charge in [0.15, 0.2) is 5.82 Å². The lowest BCUT2D eigenvalue weighted by molar-refractivity contribution is 0.240. The van der Waals surface area contributed by atoms with Gasteiger partial charge in [-0.25, -0.2) is 14.5 Å². The Balaban J connectivity index is 1.16. The number of anilines is 2. The number of rotatable bonds is 8. The molecule has 0 radical (unpaired) electrons. The molecule has 3 heterocycles. The second-order valence-corrected chi connectivity index (χ2v) is 10.6. The molecule has 11 heteroatoms. The number of hydrogen-bond acceptors (Lipinski definition) is 7. The van der Waals surface area contributed by atoms with E-state index < -0.39 is 0 Å². The van der Waals surface area contributed by atoms with Crippen molar-refractivity contribution in [1.82, 2.24) is 34.8 Å². The number of amides is 2. The predicted molar refractivity (Wildman–Crippen MR) is 163 cm³/mol. The molecule has 0 aliphatic heterocycles. The molecule has 2 N–H and O–H groups in total. The molecule has 3 aromatic heterocycles. The van der Waals surface area contributed by atoms with E-state index in [0.717, 1.165) is 48.1 Å². The van der Waals surface area contributed by atoms with E-state index in [1.165, 1.54) is 6.20 Å². The first-order chi connectivity index (χ1) is 21.1. The van der Waals surface area contributed by atoms with Gasteiger partial charge < -0.3 is 10.6 Å². The minimum absolute atomic E-state index is 0.0274. The molecule has 1 aliphatic carbocycles. The summed E-state index contributed by atoms with van der Waals surface area (Å²) in [4.78, 5) is 24.5. The number of urea groups is 1. The summed E-state index contributed by atoms with van der Waals surface area (Å²) < 4.78 is 3.34. The first-order valence-electron chi connectivity index (χ1n) is 14.3. The number of hydrogen-bond donors (Lipinski definition) is 2. The van der Waals surface area contributed by atoms with Crippen LogP contribution in [0, 0.1) is 11.3 Å². The average Bonchev–Trinajstić information content (AvgIpc) is 3.74. The Morgan fingerprint density at radius 3 is 2.47 bits per heavy atom. The molecule has 5 aromatic rings. The van der Waals surface area contributed by atoms with Crippen molar-refractivity contribution in [1.29, 1.82) is 5.26 Å². The minimum Gasteiger partial charge on any atom is -0.351 e. The van der Waals surface area contributed by atoms with Crippen LogP contribution in [-0.4, -0.2) is 47.6 Å². The molecule has 6 rings (SSSR count). The zero-order chi connectivity index (χ0) is 29.6. The van der Waals surface area contributed by atoms with E-state index in [9.17, 15) is 10.1 Å². The lowest BCUT2D eigenvalue weighted by Gasteiger charge is -2.37. The monoisotopic (exact) mass is 572 g/mol. The maximum Gasteiger partial charge on any atom is 0.322 e. The highest BCUT2D eigenvalue weighted by atomic mass is 16.2. The number of nitrogens with zero attached hydrogens (tertiary/aromatic N) is 8. The van der Waals surface area contributed by atoms with E-state index in [1.54, 1.807) is 27.8 Å². The predicted octanol–water partition coefficient (Wildman–Crippen LogP) is 5.07. The zero-order valence-corrected chi connectivity index (χ0v) is 23.8. The zero-order valence-electron chi connectivity index (χ0n) is 23.8. The largest absolute Gasteiger partial charge is 0.351 e. The molecule has 216 valence electrons. The second kappa shape index (κ2) is 12.6. The number of benzene rings is 2. The van der Waals surface area contributed by atoms with Crippen LogP contribution in [0.2, 0.25) is 0 Å². The van der Waals surface area contributed by atoms with Crippen molar-refractivity contribution in [3.8, 4) is 23.0 Å². The third-order valence-corrected chi connectivity index (χ3v) is 7.69. The van der Waals surface area contributed by atoms with Crippen molar-refractivity contribution in [2.75, 3.05) is 10.2 Å². The van der Waals surface area contributed by atoms with Crippen molar-refractivity contribution in [3.05, 3.63) is 103 Å². The van der Waals surface area contributed by atoms with Gasteiger partial charge in [0.25, 0.3) is 0 Å². The van der Waals surface area contributed by atoms with E-state index >= 15 is 0 Å². The summed E-state index contributed by atoms with van der Waals surface area (Å²) in [7, 11) is 1.90. The van der Waals surface area contributed by atoms with E-state index in [1.807, 2.05) is 78.9 Å². The lowest BCUT2D eigenvalue weighted by atomic mass is 9.90. The topological polar surface area (TPSA) is 130 Å². The van der Waals surface area contributed by atoms with E-state index in [0.29, 0.717) is 23.9 Å². The number of nitriles is 1. The fourth-order valence-corrected chi connectivity index (χ4v) is 5.49. The van der Waals surface area contributed by atoms with Crippen LogP contribution in [0.3, 0.4) is 0 Å². The van der Waals surface area contributed by atoms with Gasteiger partial charge in [0.1, 0.15) is 11.6 Å². The van der Waals surface area contributed by atoms with Gasteiger partial charge in [0.05, 0.1) is 12.4 Å². The summed E-state index contributed by atoms with van der Waals surface area (Å²) in [5, 5.41) is 24.6. The highest BCUT2D eigenvalue weighted by Gasteiger charge is 2.30. The number of carbonyl (C=O) groups excluding carboxylic acids is 1. The molecule has 2 amide bonds. The number of aryl methyl sites for hydroxylation is 1. The molecule has 43 heavy (non-hydrogen) atoms. The molecule has 0 bridgehead atoms. The summed E-state index contributed by atoms with van der Waals surface area (Å²) >= 11 is 0. The standard InChI is InChI=1S/C32H32N10O/c1-40-22-26(21-37-40)24-8-12-28(13-9-24)42(32(43)35-19-23-6-3-2-4-7-23)29-14-10-27(11-15-29)38-31-34-20-25(18-33)30(39-31)41-17-5-16-36-41/h2-9,12-13,16-17,20-22,27,29H,10-11,14-15,19H2,1H3,(H,35,43)(H,34,38,39).